The van der Waals surface area contributed by atoms with Gasteiger partial charge in [0.1, 0.15) is 6.54 Å². The van der Waals surface area contributed by atoms with Crippen LogP contribution in [0.4, 0.5) is 8.78 Å². The van der Waals surface area contributed by atoms with E-state index in [1.165, 1.54) is 16.8 Å². The van der Waals surface area contributed by atoms with Crippen LogP contribution in [-0.2, 0) is 18.9 Å². The van der Waals surface area contributed by atoms with Gasteiger partial charge in [0.05, 0.1) is 5.69 Å². The van der Waals surface area contributed by atoms with E-state index >= 15 is 0 Å². The molecule has 0 bridgehead atoms. The molecule has 0 amide bonds. The molecular formula is C15H19F2N3. The van der Waals surface area contributed by atoms with E-state index in [0.717, 1.165) is 17.0 Å². The van der Waals surface area contributed by atoms with Gasteiger partial charge in [-0.3, -0.25) is 4.68 Å². The number of aromatic nitrogens is 2. The molecule has 5 heteroatoms. The molecule has 0 saturated heterocycles. The Balaban J connectivity index is 2.28. The average molecular weight is 279 g/mol. The first-order valence-corrected chi connectivity index (χ1v) is 6.62. The summed E-state index contributed by atoms with van der Waals surface area (Å²) in [5.74, 6) is -2.94. The molecular weight excluding hydrogens is 260 g/mol. The first-order valence-electron chi connectivity index (χ1n) is 6.62. The van der Waals surface area contributed by atoms with Crippen LogP contribution in [0.5, 0.6) is 0 Å². The summed E-state index contributed by atoms with van der Waals surface area (Å²) < 4.78 is 29.9. The Labute approximate surface area is 117 Å². The lowest BCUT2D eigenvalue weighted by atomic mass is 10.1. The molecule has 2 rings (SSSR count). The number of nitrogens with two attached hydrogens (primary N) is 1. The summed E-state index contributed by atoms with van der Waals surface area (Å²) in [4.78, 5) is 0. The Bertz CT molecular complexity index is 576. The standard InChI is InChI=1S/C15H19F2N3/c1-11-14(8-9-18)12(2)20(19-11)10-15(16,17)13-6-4-3-5-7-13/h3-7H,8-10,18H2,1-2H3. The molecule has 0 fully saturated rings. The summed E-state index contributed by atoms with van der Waals surface area (Å²) in [6, 6.07) is 7.83. The molecule has 0 spiro atoms. The van der Waals surface area contributed by atoms with E-state index in [2.05, 4.69) is 5.10 Å². The lowest BCUT2D eigenvalue weighted by molar-refractivity contribution is -0.0260. The van der Waals surface area contributed by atoms with Crippen molar-refractivity contribution < 1.29 is 8.78 Å². The van der Waals surface area contributed by atoms with Crippen LogP contribution in [0.25, 0.3) is 0 Å². The minimum Gasteiger partial charge on any atom is -0.330 e. The van der Waals surface area contributed by atoms with Gasteiger partial charge in [-0.2, -0.15) is 13.9 Å². The van der Waals surface area contributed by atoms with E-state index in [9.17, 15) is 8.78 Å². The summed E-state index contributed by atoms with van der Waals surface area (Å²) in [6.45, 7) is 3.68. The molecule has 0 aliphatic carbocycles. The van der Waals surface area contributed by atoms with Crippen molar-refractivity contribution >= 4 is 0 Å². The van der Waals surface area contributed by atoms with Crippen molar-refractivity contribution in [2.45, 2.75) is 32.7 Å². The molecule has 0 aliphatic heterocycles. The van der Waals surface area contributed by atoms with E-state index in [-0.39, 0.29) is 5.56 Å². The normalized spacial score (nSPS) is 11.8. The van der Waals surface area contributed by atoms with Crippen LogP contribution in [-0.4, -0.2) is 16.3 Å². The molecule has 2 N–H and O–H groups in total. The first-order chi connectivity index (χ1) is 9.45. The SMILES string of the molecule is Cc1nn(CC(F)(F)c2ccccc2)c(C)c1CCN. The maximum Gasteiger partial charge on any atom is 0.292 e. The van der Waals surface area contributed by atoms with Gasteiger partial charge in [-0.25, -0.2) is 0 Å². The number of benzene rings is 1. The summed E-state index contributed by atoms with van der Waals surface area (Å²) >= 11 is 0. The largest absolute Gasteiger partial charge is 0.330 e. The molecule has 0 saturated carbocycles. The Kier molecular flexibility index (Phi) is 4.18. The van der Waals surface area contributed by atoms with Crippen molar-refractivity contribution in [3.8, 4) is 0 Å². The second-order valence-electron chi connectivity index (χ2n) is 4.92. The third-order valence-corrected chi connectivity index (χ3v) is 3.47. The maximum absolute atomic E-state index is 14.3. The summed E-state index contributed by atoms with van der Waals surface area (Å²) in [5.41, 5.74) is 8.06. The summed E-state index contributed by atoms with van der Waals surface area (Å²) in [6.07, 6.45) is 0.661. The van der Waals surface area contributed by atoms with Gasteiger partial charge < -0.3 is 5.73 Å². The third kappa shape index (κ3) is 2.88. The summed E-state index contributed by atoms with van der Waals surface area (Å²) in [5, 5.41) is 4.22. The average Bonchev–Trinajstić information content (AvgIpc) is 2.67. The van der Waals surface area contributed by atoms with Crippen molar-refractivity contribution in [3.63, 3.8) is 0 Å². The minimum atomic E-state index is -2.94. The molecule has 108 valence electrons. The highest BCUT2D eigenvalue weighted by Gasteiger charge is 2.33. The summed E-state index contributed by atoms with van der Waals surface area (Å²) in [7, 11) is 0. The number of alkyl halides is 2. The van der Waals surface area contributed by atoms with Gasteiger partial charge in [0, 0.05) is 11.3 Å². The van der Waals surface area contributed by atoms with Crippen molar-refractivity contribution in [1.29, 1.82) is 0 Å². The highest BCUT2D eigenvalue weighted by molar-refractivity contribution is 5.26. The van der Waals surface area contributed by atoms with Crippen LogP contribution in [0.2, 0.25) is 0 Å². The van der Waals surface area contributed by atoms with Gasteiger partial charge in [-0.1, -0.05) is 30.3 Å². The zero-order valence-corrected chi connectivity index (χ0v) is 11.7. The van der Waals surface area contributed by atoms with E-state index in [4.69, 9.17) is 5.73 Å². The fourth-order valence-corrected chi connectivity index (χ4v) is 2.36. The Hall–Kier alpha value is -1.75. The van der Waals surface area contributed by atoms with E-state index in [1.807, 2.05) is 13.8 Å². The lowest BCUT2D eigenvalue weighted by Crippen LogP contribution is -2.23. The van der Waals surface area contributed by atoms with E-state index in [1.54, 1.807) is 18.2 Å². The van der Waals surface area contributed by atoms with Crippen molar-refractivity contribution in [2.75, 3.05) is 6.54 Å². The van der Waals surface area contributed by atoms with Gasteiger partial charge in [0.15, 0.2) is 0 Å². The van der Waals surface area contributed by atoms with Gasteiger partial charge in [-0.15, -0.1) is 0 Å². The Morgan fingerprint density at radius 3 is 2.45 bits per heavy atom. The van der Waals surface area contributed by atoms with Crippen molar-refractivity contribution in [1.82, 2.24) is 9.78 Å². The van der Waals surface area contributed by atoms with Crippen LogP contribution < -0.4 is 5.73 Å². The number of rotatable bonds is 5. The fraction of sp³-hybridized carbons (Fsp3) is 0.400. The molecule has 2 aromatic rings. The minimum absolute atomic E-state index is 0.00734. The molecule has 0 atom stereocenters. The molecule has 1 aromatic heterocycles. The van der Waals surface area contributed by atoms with Crippen LogP contribution in [0.15, 0.2) is 30.3 Å². The second-order valence-corrected chi connectivity index (χ2v) is 4.92. The lowest BCUT2D eigenvalue weighted by Gasteiger charge is -2.17. The van der Waals surface area contributed by atoms with Crippen molar-refractivity contribution in [2.24, 2.45) is 5.73 Å². The van der Waals surface area contributed by atoms with Crippen LogP contribution in [0, 0.1) is 13.8 Å². The zero-order valence-electron chi connectivity index (χ0n) is 11.7. The fourth-order valence-electron chi connectivity index (χ4n) is 2.36. The third-order valence-electron chi connectivity index (χ3n) is 3.47. The number of halogens is 2. The van der Waals surface area contributed by atoms with Gasteiger partial charge in [0.2, 0.25) is 0 Å². The number of aryl methyl sites for hydroxylation is 1. The molecule has 0 aliphatic rings. The Morgan fingerprint density at radius 2 is 1.85 bits per heavy atom. The first kappa shape index (κ1) is 14.7. The van der Waals surface area contributed by atoms with Crippen molar-refractivity contribution in [3.05, 3.63) is 52.8 Å². The quantitative estimate of drug-likeness (QED) is 0.914. The van der Waals surface area contributed by atoms with E-state index in [0.29, 0.717) is 13.0 Å². The van der Waals surface area contributed by atoms with Crippen LogP contribution >= 0.6 is 0 Å². The van der Waals surface area contributed by atoms with Gasteiger partial charge >= 0.3 is 0 Å². The smallest absolute Gasteiger partial charge is 0.292 e. The molecule has 1 aromatic carbocycles. The number of hydrogen-bond acceptors (Lipinski definition) is 2. The molecule has 1 heterocycles. The number of nitrogens with zero attached hydrogens (tertiary/aromatic N) is 2. The molecule has 3 nitrogen and oxygen atoms in total. The van der Waals surface area contributed by atoms with Crippen LogP contribution in [0.3, 0.4) is 0 Å². The number of hydrogen-bond donors (Lipinski definition) is 1. The monoisotopic (exact) mass is 279 g/mol. The van der Waals surface area contributed by atoms with Gasteiger partial charge in [-0.05, 0) is 32.4 Å². The Morgan fingerprint density at radius 1 is 1.20 bits per heavy atom. The topological polar surface area (TPSA) is 43.8 Å². The maximum atomic E-state index is 14.3. The van der Waals surface area contributed by atoms with Crippen LogP contribution in [0.1, 0.15) is 22.5 Å². The zero-order chi connectivity index (χ0) is 14.8. The highest BCUT2D eigenvalue weighted by Crippen LogP contribution is 2.30. The van der Waals surface area contributed by atoms with Gasteiger partial charge in [0.25, 0.3) is 5.92 Å². The predicted molar refractivity (Wildman–Crippen MR) is 74.8 cm³/mol. The molecule has 0 radical (unpaired) electrons. The van der Waals surface area contributed by atoms with E-state index < -0.39 is 12.5 Å². The highest BCUT2D eigenvalue weighted by atomic mass is 19.3. The molecule has 0 unspecified atom stereocenters. The second kappa shape index (κ2) is 5.71. The predicted octanol–water partition coefficient (Wildman–Crippen LogP) is 2.79. The molecule has 20 heavy (non-hydrogen) atoms.